The van der Waals surface area contributed by atoms with Crippen molar-refractivity contribution in [1.82, 2.24) is 0 Å². The molecule has 0 atom stereocenters. The van der Waals surface area contributed by atoms with E-state index in [2.05, 4.69) is 12.1 Å². The highest BCUT2D eigenvalue weighted by Crippen LogP contribution is 2.36. The number of carbonyl (C=O) groups excluding carboxylic acids is 1. The Labute approximate surface area is 213 Å². The quantitative estimate of drug-likeness (QED) is 0.277. The second-order valence-electron chi connectivity index (χ2n) is 8.54. The SMILES string of the molecule is O=C1/C(=C/c2ccc(-c3ccccc3)cc2)Oc2cc(OCc3cc(Cl)cc4c3OCOC4)ccc21. The van der Waals surface area contributed by atoms with Crippen LogP contribution >= 0.6 is 11.6 Å². The fourth-order valence-electron chi connectivity index (χ4n) is 4.34. The van der Waals surface area contributed by atoms with Crippen LogP contribution in [-0.2, 0) is 18.0 Å². The summed E-state index contributed by atoms with van der Waals surface area (Å²) in [6.45, 7) is 0.897. The predicted octanol–water partition coefficient (Wildman–Crippen LogP) is 7.07. The van der Waals surface area contributed by atoms with E-state index >= 15 is 0 Å². The highest BCUT2D eigenvalue weighted by molar-refractivity contribution is 6.30. The maximum atomic E-state index is 12.9. The molecule has 0 fully saturated rings. The smallest absolute Gasteiger partial charge is 0.231 e. The molecule has 0 aromatic heterocycles. The van der Waals surface area contributed by atoms with Crippen LogP contribution in [0.25, 0.3) is 17.2 Å². The first-order valence-electron chi connectivity index (χ1n) is 11.5. The van der Waals surface area contributed by atoms with Crippen molar-refractivity contribution in [3.8, 4) is 28.4 Å². The molecule has 178 valence electrons. The molecule has 4 aromatic carbocycles. The van der Waals surface area contributed by atoms with Gasteiger partial charge in [0.25, 0.3) is 0 Å². The highest BCUT2D eigenvalue weighted by atomic mass is 35.5. The summed E-state index contributed by atoms with van der Waals surface area (Å²) in [5.41, 5.74) is 5.37. The number of Topliss-reactive ketones (excluding diaryl/α,β-unsaturated/α-hetero) is 1. The Morgan fingerprint density at radius 1 is 0.917 bits per heavy atom. The average Bonchev–Trinajstić information content (AvgIpc) is 3.22. The van der Waals surface area contributed by atoms with Gasteiger partial charge in [-0.05, 0) is 47.0 Å². The van der Waals surface area contributed by atoms with Gasteiger partial charge in [0.15, 0.2) is 12.6 Å². The maximum absolute atomic E-state index is 12.9. The number of benzene rings is 4. The zero-order valence-electron chi connectivity index (χ0n) is 19.2. The molecule has 0 spiro atoms. The number of hydrogen-bond acceptors (Lipinski definition) is 5. The van der Waals surface area contributed by atoms with Crippen LogP contribution in [0.4, 0.5) is 0 Å². The molecule has 0 unspecified atom stereocenters. The van der Waals surface area contributed by atoms with Crippen molar-refractivity contribution in [3.63, 3.8) is 0 Å². The molecule has 0 saturated heterocycles. The number of rotatable bonds is 5. The van der Waals surface area contributed by atoms with Crippen LogP contribution in [0.5, 0.6) is 17.2 Å². The molecule has 0 bridgehead atoms. The van der Waals surface area contributed by atoms with Crippen LogP contribution in [0.1, 0.15) is 27.0 Å². The van der Waals surface area contributed by atoms with E-state index < -0.39 is 0 Å². The monoisotopic (exact) mass is 496 g/mol. The number of ketones is 1. The fraction of sp³-hybridized carbons (Fsp3) is 0.100. The Morgan fingerprint density at radius 3 is 2.56 bits per heavy atom. The third-order valence-electron chi connectivity index (χ3n) is 6.10. The summed E-state index contributed by atoms with van der Waals surface area (Å²) in [4.78, 5) is 12.9. The Bertz CT molecular complexity index is 1480. The lowest BCUT2D eigenvalue weighted by Gasteiger charge is -2.21. The van der Waals surface area contributed by atoms with E-state index in [1.54, 1.807) is 24.3 Å². The molecular formula is C30H21ClO5. The lowest BCUT2D eigenvalue weighted by atomic mass is 10.0. The summed E-state index contributed by atoms with van der Waals surface area (Å²) in [5, 5.41) is 0.593. The summed E-state index contributed by atoms with van der Waals surface area (Å²) in [6, 6.07) is 27.0. The summed E-state index contributed by atoms with van der Waals surface area (Å²) in [5.74, 6) is 1.92. The molecule has 0 N–H and O–H groups in total. The number of hydrogen-bond donors (Lipinski definition) is 0. The van der Waals surface area contributed by atoms with Gasteiger partial charge in [-0.15, -0.1) is 0 Å². The van der Waals surface area contributed by atoms with Gasteiger partial charge in [0.2, 0.25) is 5.78 Å². The third-order valence-corrected chi connectivity index (χ3v) is 6.32. The lowest BCUT2D eigenvalue weighted by Crippen LogP contribution is -2.14. The minimum atomic E-state index is -0.152. The van der Waals surface area contributed by atoms with Crippen LogP contribution in [0, 0.1) is 0 Å². The van der Waals surface area contributed by atoms with E-state index in [-0.39, 0.29) is 24.9 Å². The van der Waals surface area contributed by atoms with Crippen molar-refractivity contribution in [2.24, 2.45) is 0 Å². The molecule has 4 aromatic rings. The van der Waals surface area contributed by atoms with Crippen LogP contribution in [0.15, 0.2) is 90.7 Å². The first kappa shape index (κ1) is 22.4. The molecular weight excluding hydrogens is 476 g/mol. The first-order valence-corrected chi connectivity index (χ1v) is 11.9. The van der Waals surface area contributed by atoms with Gasteiger partial charge < -0.3 is 18.9 Å². The minimum absolute atomic E-state index is 0.152. The highest BCUT2D eigenvalue weighted by Gasteiger charge is 2.28. The van der Waals surface area contributed by atoms with Crippen LogP contribution in [0.3, 0.4) is 0 Å². The van der Waals surface area contributed by atoms with Gasteiger partial charge in [0.05, 0.1) is 12.2 Å². The number of allylic oxidation sites excluding steroid dienone is 1. The molecule has 0 radical (unpaired) electrons. The van der Waals surface area contributed by atoms with Crippen LogP contribution in [0.2, 0.25) is 5.02 Å². The molecule has 2 aliphatic rings. The molecule has 5 nitrogen and oxygen atoms in total. The molecule has 2 heterocycles. The van der Waals surface area contributed by atoms with Crippen molar-refractivity contribution < 1.29 is 23.7 Å². The van der Waals surface area contributed by atoms with E-state index in [0.29, 0.717) is 28.7 Å². The van der Waals surface area contributed by atoms with Crippen LogP contribution < -0.4 is 14.2 Å². The van der Waals surface area contributed by atoms with E-state index in [1.807, 2.05) is 54.6 Å². The van der Waals surface area contributed by atoms with Crippen molar-refractivity contribution in [2.45, 2.75) is 13.2 Å². The first-order chi connectivity index (χ1) is 17.6. The molecule has 36 heavy (non-hydrogen) atoms. The predicted molar refractivity (Wildman–Crippen MR) is 137 cm³/mol. The fourth-order valence-corrected chi connectivity index (χ4v) is 4.60. The molecule has 0 aliphatic carbocycles. The largest absolute Gasteiger partial charge is 0.489 e. The Hall–Kier alpha value is -4.06. The van der Waals surface area contributed by atoms with Crippen molar-refractivity contribution in [2.75, 3.05) is 6.79 Å². The van der Waals surface area contributed by atoms with E-state index in [4.69, 9.17) is 30.5 Å². The molecule has 6 rings (SSSR count). The Balaban J connectivity index is 1.18. The molecule has 2 aliphatic heterocycles. The zero-order chi connectivity index (χ0) is 24.5. The van der Waals surface area contributed by atoms with Gasteiger partial charge in [-0.2, -0.15) is 0 Å². The van der Waals surface area contributed by atoms with Gasteiger partial charge in [-0.25, -0.2) is 0 Å². The number of halogens is 1. The summed E-state index contributed by atoms with van der Waals surface area (Å²) >= 11 is 6.25. The summed E-state index contributed by atoms with van der Waals surface area (Å²) in [6.07, 6.45) is 1.76. The topological polar surface area (TPSA) is 54.0 Å². The van der Waals surface area contributed by atoms with Crippen molar-refractivity contribution in [1.29, 1.82) is 0 Å². The summed E-state index contributed by atoms with van der Waals surface area (Å²) < 4.78 is 22.9. The normalized spacial score (nSPS) is 15.1. The molecule has 0 amide bonds. The zero-order valence-corrected chi connectivity index (χ0v) is 20.0. The van der Waals surface area contributed by atoms with Crippen molar-refractivity contribution >= 4 is 23.5 Å². The third kappa shape index (κ3) is 4.47. The Kier molecular flexibility index (Phi) is 5.93. The lowest BCUT2D eigenvalue weighted by molar-refractivity contribution is -0.0175. The van der Waals surface area contributed by atoms with Gasteiger partial charge in [-0.3, -0.25) is 4.79 Å². The van der Waals surface area contributed by atoms with Gasteiger partial charge >= 0.3 is 0 Å². The van der Waals surface area contributed by atoms with E-state index in [1.165, 1.54) is 0 Å². The van der Waals surface area contributed by atoms with Gasteiger partial charge in [-0.1, -0.05) is 66.2 Å². The minimum Gasteiger partial charge on any atom is -0.489 e. The number of fused-ring (bicyclic) bond motifs is 2. The van der Waals surface area contributed by atoms with Gasteiger partial charge in [0, 0.05) is 22.2 Å². The maximum Gasteiger partial charge on any atom is 0.231 e. The summed E-state index contributed by atoms with van der Waals surface area (Å²) in [7, 11) is 0. The van der Waals surface area contributed by atoms with Crippen molar-refractivity contribution in [3.05, 3.63) is 118 Å². The average molecular weight is 497 g/mol. The Morgan fingerprint density at radius 2 is 1.72 bits per heavy atom. The van der Waals surface area contributed by atoms with Gasteiger partial charge in [0.1, 0.15) is 23.9 Å². The number of carbonyl (C=O) groups is 1. The molecule has 0 saturated carbocycles. The second kappa shape index (κ2) is 9.53. The van der Waals surface area contributed by atoms with E-state index in [9.17, 15) is 4.79 Å². The second-order valence-corrected chi connectivity index (χ2v) is 8.97. The number of ether oxygens (including phenoxy) is 4. The van der Waals surface area contributed by atoms with E-state index in [0.717, 1.165) is 33.6 Å². The standard InChI is InChI=1S/C30H21ClO5/c31-24-13-22-16-33-18-35-30(22)23(14-24)17-34-25-10-11-26-27(15-25)36-28(29(26)32)12-19-6-8-21(9-7-19)20-4-2-1-3-5-20/h1-15H,16-18H2/b28-12-. The molecule has 6 heteroatoms. The van der Waals surface area contributed by atoms with Crippen LogP contribution in [-0.4, -0.2) is 12.6 Å².